The van der Waals surface area contributed by atoms with Crippen LogP contribution in [0.2, 0.25) is 0 Å². The third kappa shape index (κ3) is 3.94. The van der Waals surface area contributed by atoms with Crippen LogP contribution in [0.4, 0.5) is 13.2 Å². The van der Waals surface area contributed by atoms with E-state index < -0.39 is 15.6 Å². The van der Waals surface area contributed by atoms with Gasteiger partial charge in [-0.05, 0) is 18.1 Å². The molecule has 4 rings (SSSR count). The average molecular weight is 423 g/mol. The van der Waals surface area contributed by atoms with Gasteiger partial charge in [0.25, 0.3) is 5.65 Å². The summed E-state index contributed by atoms with van der Waals surface area (Å²) in [6.07, 6.45) is 8.02. The fraction of sp³-hybridized carbons (Fsp3) is 0.158. The molecule has 0 spiro atoms. The maximum Gasteiger partial charge on any atom is 0.485 e. The molecule has 0 saturated heterocycles. The Balaban J connectivity index is 0.000000258. The van der Waals surface area contributed by atoms with Crippen molar-refractivity contribution in [1.82, 2.24) is 9.38 Å². The zero-order valence-electron chi connectivity index (χ0n) is 15.4. The maximum atomic E-state index is 10.7. The molecule has 3 heterocycles. The number of alkyl halides is 3. The third-order valence-electron chi connectivity index (χ3n) is 4.41. The molecule has 0 radical (unpaired) electrons. The van der Waals surface area contributed by atoms with Crippen LogP contribution >= 0.6 is 0 Å². The predicted molar refractivity (Wildman–Crippen MR) is 99.8 cm³/mol. The molecule has 3 aromatic heterocycles. The van der Waals surface area contributed by atoms with Crippen LogP contribution in [-0.2, 0) is 17.2 Å². The number of fused-ring (bicyclic) bond motifs is 3. The summed E-state index contributed by atoms with van der Waals surface area (Å²) < 4.78 is 63.3. The van der Waals surface area contributed by atoms with E-state index in [1.165, 1.54) is 33.2 Å². The maximum absolute atomic E-state index is 10.7. The lowest BCUT2D eigenvalue weighted by Crippen LogP contribution is -2.26. The number of benzene rings is 1. The molecule has 29 heavy (non-hydrogen) atoms. The van der Waals surface area contributed by atoms with Gasteiger partial charge in [-0.3, -0.25) is 4.98 Å². The van der Waals surface area contributed by atoms with Gasteiger partial charge in [-0.15, -0.1) is 0 Å². The van der Waals surface area contributed by atoms with E-state index in [2.05, 4.69) is 76.7 Å². The molecule has 0 aliphatic carbocycles. The fourth-order valence-corrected chi connectivity index (χ4v) is 3.11. The van der Waals surface area contributed by atoms with E-state index in [9.17, 15) is 13.2 Å². The SMILES string of the molecule is Cc1c(-c2ccccc2)c2n(cc[n+]2C)c2ccncc12.O=S(=O)([O-])C(F)(F)F. The minimum atomic E-state index is -6.09. The molecule has 0 bridgehead atoms. The first-order chi connectivity index (χ1) is 13.5. The second-order valence-corrected chi connectivity index (χ2v) is 7.63. The van der Waals surface area contributed by atoms with Crippen LogP contribution in [0.15, 0.2) is 61.2 Å². The Hall–Kier alpha value is -2.98. The van der Waals surface area contributed by atoms with Crippen LogP contribution in [0.1, 0.15) is 5.56 Å². The Morgan fingerprint density at radius 2 is 1.76 bits per heavy atom. The number of aryl methyl sites for hydroxylation is 2. The molecule has 1 aromatic carbocycles. The normalized spacial score (nSPS) is 12.1. The van der Waals surface area contributed by atoms with Gasteiger partial charge in [-0.25, -0.2) is 13.0 Å². The highest BCUT2D eigenvalue weighted by atomic mass is 32.2. The molecular weight excluding hydrogens is 407 g/mol. The van der Waals surface area contributed by atoms with Crippen LogP contribution in [0.25, 0.3) is 27.7 Å². The molecular formula is C19H16F3N3O3S. The van der Waals surface area contributed by atoms with Crippen molar-refractivity contribution in [1.29, 1.82) is 0 Å². The lowest BCUT2D eigenvalue weighted by Gasteiger charge is -2.09. The van der Waals surface area contributed by atoms with Crippen molar-refractivity contribution in [3.8, 4) is 11.1 Å². The summed E-state index contributed by atoms with van der Waals surface area (Å²) in [5, 5.41) is 1.19. The van der Waals surface area contributed by atoms with Crippen molar-refractivity contribution >= 4 is 26.7 Å². The van der Waals surface area contributed by atoms with Crippen molar-refractivity contribution in [3.63, 3.8) is 0 Å². The number of imidazole rings is 1. The van der Waals surface area contributed by atoms with Crippen molar-refractivity contribution < 1.29 is 30.7 Å². The van der Waals surface area contributed by atoms with Gasteiger partial charge in [0.05, 0.1) is 12.6 Å². The summed E-state index contributed by atoms with van der Waals surface area (Å²) in [4.78, 5) is 4.30. The molecule has 0 atom stereocenters. The molecule has 0 unspecified atom stereocenters. The summed E-state index contributed by atoms with van der Waals surface area (Å²) in [6.45, 7) is 2.18. The minimum absolute atomic E-state index is 1.19. The highest BCUT2D eigenvalue weighted by Gasteiger charge is 2.36. The molecule has 152 valence electrons. The number of halogens is 3. The largest absolute Gasteiger partial charge is 0.741 e. The molecule has 0 N–H and O–H groups in total. The summed E-state index contributed by atoms with van der Waals surface area (Å²) in [5.41, 5.74) is 0.525. The second-order valence-electron chi connectivity index (χ2n) is 6.26. The highest BCUT2D eigenvalue weighted by Crippen LogP contribution is 2.32. The number of hydrogen-bond donors (Lipinski definition) is 0. The Morgan fingerprint density at radius 1 is 1.14 bits per heavy atom. The molecule has 4 aromatic rings. The average Bonchev–Trinajstić information content (AvgIpc) is 3.04. The van der Waals surface area contributed by atoms with E-state index in [1.54, 1.807) is 0 Å². The molecule has 0 amide bonds. The van der Waals surface area contributed by atoms with Gasteiger partial charge in [-0.1, -0.05) is 30.3 Å². The topological polar surface area (TPSA) is 78.4 Å². The zero-order valence-corrected chi connectivity index (χ0v) is 16.2. The van der Waals surface area contributed by atoms with E-state index in [-0.39, 0.29) is 0 Å². The Morgan fingerprint density at radius 3 is 2.34 bits per heavy atom. The van der Waals surface area contributed by atoms with Crippen LogP contribution in [0, 0.1) is 6.92 Å². The molecule has 0 aliphatic rings. The Labute approximate surface area is 164 Å². The van der Waals surface area contributed by atoms with Crippen molar-refractivity contribution in [2.24, 2.45) is 7.05 Å². The zero-order chi connectivity index (χ0) is 21.4. The van der Waals surface area contributed by atoms with Gasteiger partial charge in [-0.2, -0.15) is 17.6 Å². The van der Waals surface area contributed by atoms with Crippen LogP contribution in [-0.4, -0.2) is 27.9 Å². The molecule has 0 saturated carbocycles. The lowest BCUT2D eigenvalue weighted by molar-refractivity contribution is -0.644. The summed E-state index contributed by atoms with van der Waals surface area (Å²) in [5.74, 6) is 0. The van der Waals surface area contributed by atoms with Crippen molar-refractivity contribution in [2.45, 2.75) is 12.4 Å². The standard InChI is InChI=1S/C18H16N3.CHF3O3S/c1-13-15-12-19-9-8-16(15)21-11-10-20(2)18(21)17(13)14-6-4-3-5-7-14;2-1(3,4)8(5,6)7/h3-12H,1-2H3;(H,5,6,7)/q+1;/p-1. The van der Waals surface area contributed by atoms with Gasteiger partial charge in [0.15, 0.2) is 10.1 Å². The second kappa shape index (κ2) is 7.45. The number of rotatable bonds is 1. The predicted octanol–water partition coefficient (Wildman–Crippen LogP) is 3.34. The summed E-state index contributed by atoms with van der Waals surface area (Å²) in [6, 6.07) is 12.6. The van der Waals surface area contributed by atoms with Crippen molar-refractivity contribution in [2.75, 3.05) is 0 Å². The Bertz CT molecular complexity index is 1280. The monoisotopic (exact) mass is 423 g/mol. The third-order valence-corrected chi connectivity index (χ3v) is 4.97. The lowest BCUT2D eigenvalue weighted by atomic mass is 9.99. The van der Waals surface area contributed by atoms with Crippen LogP contribution < -0.4 is 4.57 Å². The number of aromatic nitrogens is 3. The first-order valence-corrected chi connectivity index (χ1v) is 9.73. The van der Waals surface area contributed by atoms with E-state index in [4.69, 9.17) is 13.0 Å². The minimum Gasteiger partial charge on any atom is -0.741 e. The smallest absolute Gasteiger partial charge is 0.485 e. The van der Waals surface area contributed by atoms with E-state index in [0.717, 1.165) is 0 Å². The quantitative estimate of drug-likeness (QED) is 0.267. The molecule has 0 aliphatic heterocycles. The van der Waals surface area contributed by atoms with Gasteiger partial charge < -0.3 is 4.55 Å². The van der Waals surface area contributed by atoms with E-state index in [0.29, 0.717) is 0 Å². The Kier molecular flexibility index (Phi) is 5.33. The highest BCUT2D eigenvalue weighted by molar-refractivity contribution is 7.86. The number of hydrogen-bond acceptors (Lipinski definition) is 4. The van der Waals surface area contributed by atoms with E-state index in [1.807, 2.05) is 12.4 Å². The first-order valence-electron chi connectivity index (χ1n) is 8.33. The van der Waals surface area contributed by atoms with Crippen LogP contribution in [0.3, 0.4) is 0 Å². The number of nitrogens with zero attached hydrogens (tertiary/aromatic N) is 3. The molecule has 10 heteroatoms. The first kappa shape index (κ1) is 20.7. The summed E-state index contributed by atoms with van der Waals surface area (Å²) in [7, 11) is -4.00. The van der Waals surface area contributed by atoms with Crippen molar-refractivity contribution in [3.05, 3.63) is 66.7 Å². The fourth-order valence-electron chi connectivity index (χ4n) is 3.11. The molecule has 0 fully saturated rings. The summed E-state index contributed by atoms with van der Waals surface area (Å²) >= 11 is 0. The number of pyridine rings is 2. The van der Waals surface area contributed by atoms with E-state index >= 15 is 0 Å². The molecule has 6 nitrogen and oxygen atoms in total. The van der Waals surface area contributed by atoms with Gasteiger partial charge in [0.1, 0.15) is 17.9 Å². The van der Waals surface area contributed by atoms with Gasteiger partial charge in [0.2, 0.25) is 0 Å². The van der Waals surface area contributed by atoms with Gasteiger partial charge >= 0.3 is 5.51 Å². The van der Waals surface area contributed by atoms with Gasteiger partial charge in [0, 0.05) is 23.8 Å². The van der Waals surface area contributed by atoms with Crippen LogP contribution in [0.5, 0.6) is 0 Å².